The summed E-state index contributed by atoms with van der Waals surface area (Å²) in [6.45, 7) is -3.15. The summed E-state index contributed by atoms with van der Waals surface area (Å²) in [6, 6.07) is 7.42. The van der Waals surface area contributed by atoms with Gasteiger partial charge in [-0.15, -0.1) is 0 Å². The average molecular weight is 684 g/mol. The van der Waals surface area contributed by atoms with Gasteiger partial charge in [-0.2, -0.15) is 26.6 Å². The highest BCUT2D eigenvalue weighted by molar-refractivity contribution is 6.06. The lowest BCUT2D eigenvalue weighted by atomic mass is 9.69. The van der Waals surface area contributed by atoms with E-state index in [9.17, 15) is 36.6 Å². The van der Waals surface area contributed by atoms with Gasteiger partial charge in [-0.05, 0) is 49.2 Å². The number of hydrogen-bond donors (Lipinski definition) is 3. The summed E-state index contributed by atoms with van der Waals surface area (Å²) in [4.78, 5) is 31.3. The molecule has 0 radical (unpaired) electrons. The maximum absolute atomic E-state index is 15.5. The van der Waals surface area contributed by atoms with Crippen LogP contribution >= 0.6 is 0 Å². The summed E-state index contributed by atoms with van der Waals surface area (Å²) in [7, 11) is 2.19. The molecule has 48 heavy (non-hydrogen) atoms. The van der Waals surface area contributed by atoms with E-state index in [2.05, 4.69) is 20.4 Å². The first kappa shape index (κ1) is 34.3. The lowest BCUT2D eigenvalue weighted by Gasteiger charge is -2.40. The number of methoxy groups -OCH3 is 1. The molecular formula is C31H28F7N5O5. The minimum absolute atomic E-state index is 0.0918. The molecule has 1 saturated carbocycles. The number of aliphatic hydroxyl groups excluding tert-OH is 1. The van der Waals surface area contributed by atoms with Crippen LogP contribution in [0.4, 0.5) is 42.2 Å². The van der Waals surface area contributed by atoms with Crippen molar-refractivity contribution >= 4 is 17.4 Å². The number of alkyl halides is 5. The van der Waals surface area contributed by atoms with Crippen molar-refractivity contribution in [2.75, 3.05) is 30.9 Å². The smallest absolute Gasteiger partial charge is 0.420 e. The number of aliphatic hydroxyl groups is 1. The summed E-state index contributed by atoms with van der Waals surface area (Å²) in [6.07, 6.45) is -2.85. The number of pyridine rings is 1. The Morgan fingerprint density at radius 2 is 1.71 bits per heavy atom. The van der Waals surface area contributed by atoms with Crippen LogP contribution in [0, 0.1) is 17.0 Å². The second kappa shape index (κ2) is 13.2. The molecule has 1 aliphatic carbocycles. The fourth-order valence-corrected chi connectivity index (χ4v) is 5.39. The van der Waals surface area contributed by atoms with Gasteiger partial charge in [-0.25, -0.2) is 13.8 Å². The van der Waals surface area contributed by atoms with Crippen molar-refractivity contribution in [2.24, 2.45) is 12.5 Å². The summed E-state index contributed by atoms with van der Waals surface area (Å²) in [5.41, 5.74) is -5.81. The van der Waals surface area contributed by atoms with Crippen molar-refractivity contribution in [1.29, 1.82) is 0 Å². The number of anilines is 2. The molecule has 0 aliphatic heterocycles. The number of nitrogens with zero attached hydrogens (tertiary/aromatic N) is 3. The van der Waals surface area contributed by atoms with E-state index in [1.807, 2.05) is 0 Å². The first-order chi connectivity index (χ1) is 22.7. The minimum atomic E-state index is -5.06. The third-order valence-corrected chi connectivity index (χ3v) is 8.11. The molecule has 1 aliphatic rings. The van der Waals surface area contributed by atoms with Gasteiger partial charge >= 0.3 is 12.8 Å². The quantitative estimate of drug-likeness (QED) is 0.167. The van der Waals surface area contributed by atoms with Gasteiger partial charge in [0.05, 0.1) is 19.3 Å². The van der Waals surface area contributed by atoms with Crippen LogP contribution in [-0.4, -0.2) is 52.2 Å². The molecule has 2 aromatic heterocycles. The van der Waals surface area contributed by atoms with Crippen LogP contribution in [0.2, 0.25) is 0 Å². The Morgan fingerprint density at radius 3 is 2.23 bits per heavy atom. The van der Waals surface area contributed by atoms with Crippen LogP contribution in [-0.2, 0) is 13.2 Å². The first-order valence-electron chi connectivity index (χ1n) is 14.3. The highest BCUT2D eigenvalue weighted by atomic mass is 19.4. The second-order valence-electron chi connectivity index (χ2n) is 11.1. The highest BCUT2D eigenvalue weighted by Crippen LogP contribution is 2.41. The van der Waals surface area contributed by atoms with Crippen LogP contribution in [0.1, 0.15) is 35.2 Å². The number of benzene rings is 2. The molecule has 256 valence electrons. The molecular weight excluding hydrogens is 655 g/mol. The van der Waals surface area contributed by atoms with Crippen LogP contribution in [0.5, 0.6) is 11.5 Å². The predicted molar refractivity (Wildman–Crippen MR) is 159 cm³/mol. The van der Waals surface area contributed by atoms with E-state index in [1.165, 1.54) is 0 Å². The SMILES string of the molecule is COc1cc(F)c(-c2c(NC(=O)c3ccc(OC(F)F)cc3)c(=O)n(-c3nc(NCC4(CO)CCC4)ccc3C(F)(F)F)n2C)c(F)c1. The van der Waals surface area contributed by atoms with Gasteiger partial charge in [-0.3, -0.25) is 14.3 Å². The molecule has 17 heteroatoms. The second-order valence-corrected chi connectivity index (χ2v) is 11.1. The molecule has 0 saturated heterocycles. The predicted octanol–water partition coefficient (Wildman–Crippen LogP) is 5.97. The maximum atomic E-state index is 15.5. The Kier molecular flexibility index (Phi) is 9.44. The molecule has 1 amide bonds. The largest absolute Gasteiger partial charge is 0.497 e. The van der Waals surface area contributed by atoms with E-state index in [-0.39, 0.29) is 36.0 Å². The Bertz CT molecular complexity index is 1860. The number of rotatable bonds is 11. The molecule has 0 spiro atoms. The molecule has 0 atom stereocenters. The van der Waals surface area contributed by atoms with Crippen molar-refractivity contribution in [3.05, 3.63) is 81.6 Å². The molecule has 2 heterocycles. The molecule has 3 N–H and O–H groups in total. The number of ether oxygens (including phenoxy) is 2. The molecule has 2 aromatic carbocycles. The number of carbonyl (C=O) groups excluding carboxylic acids is 1. The molecule has 4 aromatic rings. The topological polar surface area (TPSA) is 120 Å². The van der Waals surface area contributed by atoms with E-state index in [0.29, 0.717) is 28.3 Å². The van der Waals surface area contributed by atoms with Gasteiger partial charge in [0, 0.05) is 36.7 Å². The number of halogens is 7. The van der Waals surface area contributed by atoms with Gasteiger partial charge in [0.1, 0.15) is 45.9 Å². The van der Waals surface area contributed by atoms with Crippen LogP contribution in [0.15, 0.2) is 53.3 Å². The minimum Gasteiger partial charge on any atom is -0.497 e. The van der Waals surface area contributed by atoms with Crippen molar-refractivity contribution < 1.29 is 50.1 Å². The molecule has 5 rings (SSSR count). The zero-order valence-corrected chi connectivity index (χ0v) is 25.3. The average Bonchev–Trinajstić information content (AvgIpc) is 3.24. The van der Waals surface area contributed by atoms with Gasteiger partial charge < -0.3 is 25.2 Å². The third-order valence-electron chi connectivity index (χ3n) is 8.11. The van der Waals surface area contributed by atoms with Crippen molar-refractivity contribution in [1.82, 2.24) is 14.3 Å². The fraction of sp³-hybridized carbons (Fsp3) is 0.323. The number of aromatic nitrogens is 3. The standard InChI is InChI=1S/C31H28F7N5O5/c1-42-25(23-20(32)12-18(47-2)13-21(23)33)24(41-27(45)16-4-6-17(7-5-16)48-29(34)35)28(46)43(42)26-19(31(36,37)38)8-9-22(40-26)39-14-30(15-44)10-3-11-30/h4-9,12-13,29,44H,3,10-11,14-15H2,1-2H3,(H,39,40)(H,41,45). The van der Waals surface area contributed by atoms with Crippen LogP contribution < -0.4 is 25.7 Å². The maximum Gasteiger partial charge on any atom is 0.420 e. The van der Waals surface area contributed by atoms with E-state index in [0.717, 1.165) is 63.0 Å². The van der Waals surface area contributed by atoms with E-state index < -0.39 is 69.6 Å². The first-order valence-corrected chi connectivity index (χ1v) is 14.3. The summed E-state index contributed by atoms with van der Waals surface area (Å²) >= 11 is 0. The normalized spacial score (nSPS) is 14.1. The van der Waals surface area contributed by atoms with Gasteiger partial charge in [0.15, 0.2) is 5.82 Å². The van der Waals surface area contributed by atoms with Gasteiger partial charge in [0.2, 0.25) is 0 Å². The monoisotopic (exact) mass is 683 g/mol. The lowest BCUT2D eigenvalue weighted by molar-refractivity contribution is -0.137. The lowest BCUT2D eigenvalue weighted by Crippen LogP contribution is -2.40. The Hall–Kier alpha value is -5.06. The highest BCUT2D eigenvalue weighted by Gasteiger charge is 2.39. The summed E-state index contributed by atoms with van der Waals surface area (Å²) < 4.78 is 109. The van der Waals surface area contributed by atoms with Crippen LogP contribution in [0.3, 0.4) is 0 Å². The Morgan fingerprint density at radius 1 is 1.06 bits per heavy atom. The molecule has 0 unspecified atom stereocenters. The fourth-order valence-electron chi connectivity index (χ4n) is 5.39. The third kappa shape index (κ3) is 6.67. The van der Waals surface area contributed by atoms with Crippen molar-refractivity contribution in [2.45, 2.75) is 32.1 Å². The molecule has 10 nitrogen and oxygen atoms in total. The summed E-state index contributed by atoms with van der Waals surface area (Å²) in [5, 5.41) is 14.9. The zero-order valence-electron chi connectivity index (χ0n) is 25.3. The van der Waals surface area contributed by atoms with E-state index >= 15 is 8.78 Å². The van der Waals surface area contributed by atoms with Gasteiger partial charge in [-0.1, -0.05) is 6.42 Å². The summed E-state index contributed by atoms with van der Waals surface area (Å²) in [5.74, 6) is -5.24. The van der Waals surface area contributed by atoms with E-state index in [4.69, 9.17) is 4.74 Å². The van der Waals surface area contributed by atoms with E-state index in [1.54, 1.807) is 0 Å². The molecule has 1 fully saturated rings. The van der Waals surface area contributed by atoms with Crippen molar-refractivity contribution in [3.8, 4) is 28.6 Å². The number of amides is 1. The number of carbonyl (C=O) groups is 1. The van der Waals surface area contributed by atoms with Crippen LogP contribution in [0.25, 0.3) is 17.1 Å². The van der Waals surface area contributed by atoms with Crippen molar-refractivity contribution in [3.63, 3.8) is 0 Å². The Balaban J connectivity index is 1.68. The number of hydrogen-bond acceptors (Lipinski definition) is 7. The molecule has 0 bridgehead atoms. The number of nitrogens with one attached hydrogen (secondary N) is 2. The zero-order chi connectivity index (χ0) is 35.0. The van der Waals surface area contributed by atoms with Gasteiger partial charge in [0.25, 0.3) is 11.5 Å². The Labute approximate surface area is 267 Å².